The molecule has 0 amide bonds. The molecule has 0 fully saturated rings. The van der Waals surface area contributed by atoms with Gasteiger partial charge < -0.3 is 15.5 Å². The van der Waals surface area contributed by atoms with Crippen LogP contribution in [0.25, 0.3) is 0 Å². The number of ether oxygens (including phenoxy) is 1. The lowest BCUT2D eigenvalue weighted by molar-refractivity contribution is 0.158. The smallest absolute Gasteiger partial charge is 0.120 e. The molecule has 144 valence electrons. The molecule has 2 aromatic rings. The van der Waals surface area contributed by atoms with E-state index in [1.54, 1.807) is 7.11 Å². The molecule has 3 rings (SSSR count). The van der Waals surface area contributed by atoms with Crippen molar-refractivity contribution in [3.8, 4) is 0 Å². The minimum absolute atomic E-state index is 0. The lowest BCUT2D eigenvalue weighted by Crippen LogP contribution is -2.33. The number of rotatable bonds is 9. The Balaban J connectivity index is 0.00000243. The van der Waals surface area contributed by atoms with Crippen molar-refractivity contribution in [1.29, 1.82) is 0 Å². The molecular formula is C19H30BrN5O. The molecule has 1 aliphatic carbocycles. The van der Waals surface area contributed by atoms with Crippen LogP contribution in [-0.4, -0.2) is 40.1 Å². The molecule has 1 aliphatic rings. The summed E-state index contributed by atoms with van der Waals surface area (Å²) in [5, 5.41) is 0. The molecule has 0 aliphatic heterocycles. The molecule has 2 heterocycles. The molecule has 0 bridgehead atoms. The zero-order valence-electron chi connectivity index (χ0n) is 15.5. The molecule has 0 saturated carbocycles. The van der Waals surface area contributed by atoms with E-state index in [4.69, 9.17) is 15.5 Å². The third-order valence-corrected chi connectivity index (χ3v) is 4.84. The van der Waals surface area contributed by atoms with Crippen molar-refractivity contribution in [3.63, 3.8) is 0 Å². The molecule has 6 nitrogen and oxygen atoms in total. The van der Waals surface area contributed by atoms with Crippen LogP contribution < -0.4 is 5.73 Å². The molecule has 0 saturated heterocycles. The van der Waals surface area contributed by atoms with E-state index < -0.39 is 0 Å². The van der Waals surface area contributed by atoms with Gasteiger partial charge in [-0.2, -0.15) is 0 Å². The van der Waals surface area contributed by atoms with Gasteiger partial charge in [-0.15, -0.1) is 17.0 Å². The lowest BCUT2D eigenvalue weighted by Gasteiger charge is -2.34. The third kappa shape index (κ3) is 5.36. The van der Waals surface area contributed by atoms with Gasteiger partial charge in [-0.25, -0.2) is 4.98 Å². The van der Waals surface area contributed by atoms with Gasteiger partial charge in [0, 0.05) is 13.3 Å². The number of hydrogen-bond donors (Lipinski definition) is 2. The number of methoxy groups -OCH3 is 1. The number of fused-ring (bicyclic) bond motifs is 1. The maximum Gasteiger partial charge on any atom is 0.120 e. The summed E-state index contributed by atoms with van der Waals surface area (Å²) in [6.07, 6.45) is 9.42. The first-order valence-electron chi connectivity index (χ1n) is 9.21. The summed E-state index contributed by atoms with van der Waals surface area (Å²) in [4.78, 5) is 15.1. The van der Waals surface area contributed by atoms with E-state index in [1.165, 1.54) is 17.7 Å². The Hall–Kier alpha value is -1.28. The van der Waals surface area contributed by atoms with Gasteiger partial charge in [0.05, 0.1) is 36.8 Å². The molecule has 0 spiro atoms. The van der Waals surface area contributed by atoms with E-state index >= 15 is 0 Å². The average Bonchev–Trinajstić information content (AvgIpc) is 3.08. The van der Waals surface area contributed by atoms with E-state index in [0.29, 0.717) is 12.6 Å². The predicted molar refractivity (Wildman–Crippen MR) is 108 cm³/mol. The maximum atomic E-state index is 5.70. The number of pyridine rings is 1. The average molecular weight is 424 g/mol. The highest BCUT2D eigenvalue weighted by molar-refractivity contribution is 8.93. The maximum absolute atomic E-state index is 5.70. The van der Waals surface area contributed by atoms with Crippen LogP contribution in [0.3, 0.4) is 0 Å². The zero-order chi connectivity index (χ0) is 17.5. The second-order valence-corrected chi connectivity index (χ2v) is 6.71. The number of H-pyrrole nitrogens is 1. The summed E-state index contributed by atoms with van der Waals surface area (Å²) < 4.78 is 5.18. The summed E-state index contributed by atoms with van der Waals surface area (Å²) in [6, 6.07) is 4.62. The van der Waals surface area contributed by atoms with Gasteiger partial charge in [0.25, 0.3) is 0 Å². The monoisotopic (exact) mass is 423 g/mol. The quantitative estimate of drug-likeness (QED) is 0.605. The highest BCUT2D eigenvalue weighted by atomic mass is 79.9. The minimum atomic E-state index is 0. The van der Waals surface area contributed by atoms with Gasteiger partial charge in [0.15, 0.2) is 0 Å². The van der Waals surface area contributed by atoms with Crippen molar-refractivity contribution in [2.24, 2.45) is 5.73 Å². The Morgan fingerprint density at radius 2 is 2.23 bits per heavy atom. The van der Waals surface area contributed by atoms with Gasteiger partial charge in [-0.1, -0.05) is 6.07 Å². The summed E-state index contributed by atoms with van der Waals surface area (Å²) in [5.74, 6) is 0.989. The van der Waals surface area contributed by atoms with Crippen LogP contribution in [0, 0.1) is 0 Å². The van der Waals surface area contributed by atoms with Crippen molar-refractivity contribution in [2.75, 3.05) is 20.2 Å². The number of halogens is 1. The largest absolute Gasteiger partial charge is 0.378 e. The summed E-state index contributed by atoms with van der Waals surface area (Å²) in [6.45, 7) is 3.12. The summed E-state index contributed by atoms with van der Waals surface area (Å²) in [7, 11) is 1.70. The van der Waals surface area contributed by atoms with Gasteiger partial charge in [-0.3, -0.25) is 9.88 Å². The first-order chi connectivity index (χ1) is 12.3. The summed E-state index contributed by atoms with van der Waals surface area (Å²) in [5.41, 5.74) is 9.34. The number of nitrogens with zero attached hydrogens (tertiary/aromatic N) is 3. The summed E-state index contributed by atoms with van der Waals surface area (Å²) >= 11 is 0. The lowest BCUT2D eigenvalue weighted by atomic mass is 9.90. The molecule has 2 aromatic heterocycles. The molecule has 0 aromatic carbocycles. The van der Waals surface area contributed by atoms with Crippen LogP contribution in [0.5, 0.6) is 0 Å². The third-order valence-electron chi connectivity index (χ3n) is 4.84. The molecular weight excluding hydrogens is 394 g/mol. The van der Waals surface area contributed by atoms with Gasteiger partial charge in [0.1, 0.15) is 5.82 Å². The van der Waals surface area contributed by atoms with Crippen LogP contribution in [0.2, 0.25) is 0 Å². The fourth-order valence-corrected chi connectivity index (χ4v) is 3.65. The SMILES string of the molecule is Br.COCc1cnc(CN(CCCCN)C2CCCc3cccnc32)[nH]1. The Labute approximate surface area is 166 Å². The normalized spacial score (nSPS) is 16.3. The molecule has 3 N–H and O–H groups in total. The van der Waals surface area contributed by atoms with Crippen molar-refractivity contribution in [1.82, 2.24) is 19.9 Å². The highest BCUT2D eigenvalue weighted by Crippen LogP contribution is 2.33. The molecule has 1 unspecified atom stereocenters. The predicted octanol–water partition coefficient (Wildman–Crippen LogP) is 3.15. The standard InChI is InChI=1S/C19H29N5O.BrH/c1-25-14-16-12-22-18(23-16)13-24(11-3-2-9-20)17-8-4-6-15-7-5-10-21-19(15)17;/h5,7,10,12,17H,2-4,6,8-9,11,13-14,20H2,1H3,(H,22,23);1H. The Morgan fingerprint density at radius 3 is 3.04 bits per heavy atom. The van der Waals surface area contributed by atoms with Gasteiger partial charge in [-0.05, 0) is 56.8 Å². The van der Waals surface area contributed by atoms with E-state index in [1.807, 2.05) is 18.5 Å². The first-order valence-corrected chi connectivity index (χ1v) is 9.21. The van der Waals surface area contributed by atoms with Crippen LogP contribution in [0.15, 0.2) is 24.5 Å². The second kappa shape index (κ2) is 10.8. The van der Waals surface area contributed by atoms with Crippen molar-refractivity contribution < 1.29 is 4.74 Å². The van der Waals surface area contributed by atoms with Crippen molar-refractivity contribution in [2.45, 2.75) is 51.3 Å². The molecule has 0 radical (unpaired) electrons. The number of unbranched alkanes of at least 4 members (excludes halogenated alkanes) is 1. The number of aryl methyl sites for hydroxylation is 1. The topological polar surface area (TPSA) is 80.1 Å². The van der Waals surface area contributed by atoms with Crippen LogP contribution >= 0.6 is 17.0 Å². The Bertz CT molecular complexity index is 663. The number of imidazole rings is 1. The van der Waals surface area contributed by atoms with Crippen LogP contribution in [0.1, 0.15) is 54.5 Å². The molecule has 1 atom stereocenters. The Morgan fingerprint density at radius 1 is 1.35 bits per heavy atom. The Kier molecular flexibility index (Phi) is 8.71. The van der Waals surface area contributed by atoms with Gasteiger partial charge >= 0.3 is 0 Å². The fourth-order valence-electron chi connectivity index (χ4n) is 3.65. The van der Waals surface area contributed by atoms with E-state index in [0.717, 1.165) is 56.8 Å². The second-order valence-electron chi connectivity index (χ2n) is 6.71. The number of aromatic nitrogens is 3. The molecule has 26 heavy (non-hydrogen) atoms. The number of nitrogens with two attached hydrogens (primary N) is 1. The van der Waals surface area contributed by atoms with E-state index in [2.05, 4.69) is 20.9 Å². The van der Waals surface area contributed by atoms with Crippen molar-refractivity contribution >= 4 is 17.0 Å². The van der Waals surface area contributed by atoms with Crippen LogP contribution in [0.4, 0.5) is 0 Å². The first kappa shape index (κ1) is 21.0. The number of aromatic amines is 1. The van der Waals surface area contributed by atoms with Crippen molar-refractivity contribution in [3.05, 3.63) is 47.3 Å². The zero-order valence-corrected chi connectivity index (χ0v) is 17.2. The minimum Gasteiger partial charge on any atom is -0.378 e. The molecule has 7 heteroatoms. The van der Waals surface area contributed by atoms with E-state index in [9.17, 15) is 0 Å². The van der Waals surface area contributed by atoms with Crippen LogP contribution in [-0.2, 0) is 24.3 Å². The number of nitrogens with one attached hydrogen (secondary N) is 1. The highest BCUT2D eigenvalue weighted by Gasteiger charge is 2.27. The van der Waals surface area contributed by atoms with Gasteiger partial charge in [0.2, 0.25) is 0 Å². The fraction of sp³-hybridized carbons (Fsp3) is 0.579. The van der Waals surface area contributed by atoms with E-state index in [-0.39, 0.29) is 17.0 Å². The number of hydrogen-bond acceptors (Lipinski definition) is 5.